The van der Waals surface area contributed by atoms with Crippen molar-refractivity contribution in [2.45, 2.75) is 64.4 Å². The Morgan fingerprint density at radius 1 is 1.06 bits per heavy atom. The first-order valence-corrected chi connectivity index (χ1v) is 6.95. The van der Waals surface area contributed by atoms with Gasteiger partial charge in [0.2, 0.25) is 0 Å². The van der Waals surface area contributed by atoms with E-state index in [0.29, 0.717) is 12.5 Å². The molecule has 3 heteroatoms. The fourth-order valence-corrected chi connectivity index (χ4v) is 1.67. The van der Waals surface area contributed by atoms with Crippen LogP contribution in [0, 0.1) is 0 Å². The van der Waals surface area contributed by atoms with Gasteiger partial charge in [0.05, 0.1) is 13.2 Å². The number of esters is 1. The van der Waals surface area contributed by atoms with E-state index in [1.54, 1.807) is 7.11 Å². The number of carbonyl (C=O) groups excluding carboxylic acids is 1. The lowest BCUT2D eigenvalue weighted by molar-refractivity contribution is -0.140. The first-order valence-electron chi connectivity index (χ1n) is 6.95. The van der Waals surface area contributed by atoms with E-state index in [1.165, 1.54) is 26.4 Å². The molecule has 0 bridgehead atoms. The second-order valence-electron chi connectivity index (χ2n) is 4.64. The number of hydrogen-bond acceptors (Lipinski definition) is 3. The van der Waals surface area contributed by atoms with Crippen LogP contribution in [0.25, 0.3) is 0 Å². The van der Waals surface area contributed by atoms with Gasteiger partial charge in [0.15, 0.2) is 0 Å². The molecule has 0 heterocycles. The molecule has 0 fully saturated rings. The maximum atomic E-state index is 10.9. The summed E-state index contributed by atoms with van der Waals surface area (Å²) >= 11 is 0. The quantitative estimate of drug-likeness (QED) is 0.320. The van der Waals surface area contributed by atoms with E-state index >= 15 is 0 Å². The largest absolute Gasteiger partial charge is 0.469 e. The summed E-state index contributed by atoms with van der Waals surface area (Å²) in [5.41, 5.74) is 0. The van der Waals surface area contributed by atoms with Gasteiger partial charge in [0.1, 0.15) is 0 Å². The van der Waals surface area contributed by atoms with Crippen molar-refractivity contribution in [3.8, 4) is 0 Å². The highest BCUT2D eigenvalue weighted by atomic mass is 16.5. The van der Waals surface area contributed by atoms with Crippen LogP contribution in [0.4, 0.5) is 0 Å². The van der Waals surface area contributed by atoms with Gasteiger partial charge in [0.25, 0.3) is 0 Å². The van der Waals surface area contributed by atoms with Crippen molar-refractivity contribution in [2.24, 2.45) is 0 Å². The van der Waals surface area contributed by atoms with Crippen LogP contribution in [0.1, 0.15) is 58.3 Å². The molecule has 0 aromatic heterocycles. The number of allylic oxidation sites excluding steroid dienone is 1. The summed E-state index contributed by atoms with van der Waals surface area (Å²) in [4.78, 5) is 10.9. The van der Waals surface area contributed by atoms with Gasteiger partial charge in [0, 0.05) is 13.5 Å². The molecule has 0 rings (SSSR count). The molecule has 106 valence electrons. The van der Waals surface area contributed by atoms with Crippen molar-refractivity contribution < 1.29 is 14.3 Å². The van der Waals surface area contributed by atoms with Crippen molar-refractivity contribution in [3.05, 3.63) is 12.2 Å². The third-order valence-electron chi connectivity index (χ3n) is 3.02. The molecule has 0 saturated heterocycles. The summed E-state index contributed by atoms with van der Waals surface area (Å²) in [6, 6.07) is 0. The fraction of sp³-hybridized carbons (Fsp3) is 0.800. The number of methoxy groups -OCH3 is 2. The van der Waals surface area contributed by atoms with Crippen LogP contribution in [0.2, 0.25) is 0 Å². The highest BCUT2D eigenvalue weighted by Crippen LogP contribution is 2.08. The molecule has 0 aliphatic carbocycles. The first-order chi connectivity index (χ1) is 8.70. The van der Waals surface area contributed by atoms with Crippen LogP contribution in [0.3, 0.4) is 0 Å². The molecule has 0 N–H and O–H groups in total. The zero-order valence-corrected chi connectivity index (χ0v) is 12.1. The molecule has 0 aromatic rings. The van der Waals surface area contributed by atoms with Gasteiger partial charge in [-0.3, -0.25) is 4.79 Å². The standard InChI is InChI=1S/C15H28O3/c1-14(17-2)12-10-8-6-4-5-7-9-11-13-15(16)18-3/h8,10,14H,4-7,9,11-13H2,1-3H3/b10-8+/t14-/m0/s1. The van der Waals surface area contributed by atoms with E-state index in [9.17, 15) is 4.79 Å². The smallest absolute Gasteiger partial charge is 0.305 e. The van der Waals surface area contributed by atoms with Crippen LogP contribution in [-0.2, 0) is 14.3 Å². The zero-order valence-electron chi connectivity index (χ0n) is 12.1. The maximum Gasteiger partial charge on any atom is 0.305 e. The Labute approximate surface area is 112 Å². The highest BCUT2D eigenvalue weighted by molar-refractivity contribution is 5.68. The van der Waals surface area contributed by atoms with Crippen molar-refractivity contribution in [1.29, 1.82) is 0 Å². The molecule has 0 amide bonds. The zero-order chi connectivity index (χ0) is 13.6. The Bertz CT molecular complexity index is 224. The summed E-state index contributed by atoms with van der Waals surface area (Å²) in [6.45, 7) is 2.08. The molecule has 0 unspecified atom stereocenters. The van der Waals surface area contributed by atoms with Crippen LogP contribution >= 0.6 is 0 Å². The lowest BCUT2D eigenvalue weighted by Crippen LogP contribution is -2.01. The predicted octanol–water partition coefficient (Wildman–Crippen LogP) is 3.87. The number of ether oxygens (including phenoxy) is 2. The highest BCUT2D eigenvalue weighted by Gasteiger charge is 1.98. The Morgan fingerprint density at radius 3 is 2.39 bits per heavy atom. The Kier molecular flexibility index (Phi) is 12.0. The Hall–Kier alpha value is -0.830. The Morgan fingerprint density at radius 2 is 1.72 bits per heavy atom. The van der Waals surface area contributed by atoms with Gasteiger partial charge in [-0.05, 0) is 32.6 Å². The summed E-state index contributed by atoms with van der Waals surface area (Å²) in [7, 11) is 3.19. The van der Waals surface area contributed by atoms with Gasteiger partial charge in [-0.25, -0.2) is 0 Å². The minimum atomic E-state index is -0.0924. The fourth-order valence-electron chi connectivity index (χ4n) is 1.67. The monoisotopic (exact) mass is 256 g/mol. The van der Waals surface area contributed by atoms with Gasteiger partial charge in [-0.1, -0.05) is 31.4 Å². The van der Waals surface area contributed by atoms with E-state index in [-0.39, 0.29) is 5.97 Å². The molecule has 18 heavy (non-hydrogen) atoms. The van der Waals surface area contributed by atoms with Crippen molar-refractivity contribution in [3.63, 3.8) is 0 Å². The molecule has 3 nitrogen and oxygen atoms in total. The van der Waals surface area contributed by atoms with E-state index in [2.05, 4.69) is 23.8 Å². The molecule has 0 aliphatic rings. The van der Waals surface area contributed by atoms with Crippen LogP contribution in [-0.4, -0.2) is 26.3 Å². The van der Waals surface area contributed by atoms with Crippen LogP contribution in [0.15, 0.2) is 12.2 Å². The third kappa shape index (κ3) is 11.6. The number of carbonyl (C=O) groups is 1. The van der Waals surface area contributed by atoms with Gasteiger partial charge < -0.3 is 9.47 Å². The molecule has 0 saturated carbocycles. The van der Waals surface area contributed by atoms with E-state index in [0.717, 1.165) is 25.7 Å². The molecular weight excluding hydrogens is 228 g/mol. The third-order valence-corrected chi connectivity index (χ3v) is 3.02. The van der Waals surface area contributed by atoms with E-state index in [1.807, 2.05) is 0 Å². The minimum absolute atomic E-state index is 0.0924. The van der Waals surface area contributed by atoms with Crippen LogP contribution in [0.5, 0.6) is 0 Å². The normalized spacial score (nSPS) is 12.8. The molecule has 0 aliphatic heterocycles. The number of rotatable bonds is 11. The SMILES string of the molecule is COC(=O)CCCCCCC/C=C/C[C@H](C)OC. The number of unbranched alkanes of at least 4 members (excludes halogenated alkanes) is 5. The summed E-state index contributed by atoms with van der Waals surface area (Å²) < 4.78 is 9.75. The van der Waals surface area contributed by atoms with Crippen molar-refractivity contribution >= 4 is 5.97 Å². The second kappa shape index (κ2) is 12.6. The lowest BCUT2D eigenvalue weighted by atomic mass is 10.1. The predicted molar refractivity (Wildman–Crippen MR) is 74.6 cm³/mol. The lowest BCUT2D eigenvalue weighted by Gasteiger charge is -2.04. The summed E-state index contributed by atoms with van der Waals surface area (Å²) in [5, 5.41) is 0. The topological polar surface area (TPSA) is 35.5 Å². The summed E-state index contributed by atoms with van der Waals surface area (Å²) in [6.07, 6.45) is 13.2. The van der Waals surface area contributed by atoms with Crippen molar-refractivity contribution in [1.82, 2.24) is 0 Å². The average Bonchev–Trinajstić information content (AvgIpc) is 2.40. The van der Waals surface area contributed by atoms with Gasteiger partial charge in [-0.2, -0.15) is 0 Å². The average molecular weight is 256 g/mol. The van der Waals surface area contributed by atoms with Gasteiger partial charge >= 0.3 is 5.97 Å². The molecule has 1 atom stereocenters. The van der Waals surface area contributed by atoms with Crippen molar-refractivity contribution in [2.75, 3.05) is 14.2 Å². The number of hydrogen-bond donors (Lipinski definition) is 0. The first kappa shape index (κ1) is 17.2. The van der Waals surface area contributed by atoms with Gasteiger partial charge in [-0.15, -0.1) is 0 Å². The second-order valence-corrected chi connectivity index (χ2v) is 4.64. The molecule has 0 spiro atoms. The molecular formula is C15H28O3. The van der Waals surface area contributed by atoms with E-state index < -0.39 is 0 Å². The van der Waals surface area contributed by atoms with E-state index in [4.69, 9.17) is 4.74 Å². The maximum absolute atomic E-state index is 10.9. The molecule has 0 aromatic carbocycles. The minimum Gasteiger partial charge on any atom is -0.469 e. The molecule has 0 radical (unpaired) electrons. The Balaban J connectivity index is 3.18. The summed E-state index contributed by atoms with van der Waals surface area (Å²) in [5.74, 6) is -0.0924. The van der Waals surface area contributed by atoms with Crippen LogP contribution < -0.4 is 0 Å².